The summed E-state index contributed by atoms with van der Waals surface area (Å²) in [4.78, 5) is 21.4. The molecule has 0 amide bonds. The molecule has 10 aromatic rings. The van der Waals surface area contributed by atoms with Crippen molar-refractivity contribution in [3.8, 4) is 51.2 Å². The summed E-state index contributed by atoms with van der Waals surface area (Å²) in [5, 5.41) is 2.23. The number of para-hydroxylation sites is 2. The van der Waals surface area contributed by atoms with E-state index in [-0.39, 0.29) is 0 Å². The van der Waals surface area contributed by atoms with E-state index in [0.717, 1.165) is 65.9 Å². The molecule has 0 unspecified atom stereocenters. The molecule has 6 nitrogen and oxygen atoms in total. The summed E-state index contributed by atoms with van der Waals surface area (Å²) in [6.45, 7) is 0. The van der Waals surface area contributed by atoms with Crippen LogP contribution in [0.2, 0.25) is 0 Å². The normalized spacial score (nSPS) is 11.7. The highest BCUT2D eigenvalue weighted by atomic mass is 32.1. The van der Waals surface area contributed by atoms with E-state index in [1.54, 1.807) is 11.3 Å². The summed E-state index contributed by atoms with van der Waals surface area (Å²) >= 11 is 1.72. The second kappa shape index (κ2) is 11.1. The smallest absolute Gasteiger partial charge is 0.238 e. The number of hydrogen-bond acceptors (Lipinski definition) is 5. The molecule has 0 radical (unpaired) electrons. The molecule has 0 saturated heterocycles. The first-order valence-electron chi connectivity index (χ1n) is 16.2. The van der Waals surface area contributed by atoms with Crippen molar-refractivity contribution in [1.29, 1.82) is 0 Å². The van der Waals surface area contributed by atoms with Gasteiger partial charge < -0.3 is 0 Å². The largest absolute Gasteiger partial charge is 0.282 e. The van der Waals surface area contributed by atoms with Gasteiger partial charge in [-0.3, -0.25) is 8.97 Å². The first-order chi connectivity index (χ1) is 24.3. The van der Waals surface area contributed by atoms with E-state index < -0.39 is 0 Å². The van der Waals surface area contributed by atoms with Gasteiger partial charge in [-0.05, 0) is 30.3 Å². The topological polar surface area (TPSA) is 60.9 Å². The minimum absolute atomic E-state index is 0.575. The van der Waals surface area contributed by atoms with Gasteiger partial charge in [-0.15, -0.1) is 0 Å². The molecule has 0 aliphatic heterocycles. The molecule has 4 heterocycles. The lowest BCUT2D eigenvalue weighted by molar-refractivity contribution is 0.953. The summed E-state index contributed by atoms with van der Waals surface area (Å²) in [6, 6.07) is 54.4. The first kappa shape index (κ1) is 27.7. The summed E-state index contributed by atoms with van der Waals surface area (Å²) in [6.07, 6.45) is 0. The Hall–Kier alpha value is -6.44. The summed E-state index contributed by atoms with van der Waals surface area (Å²) < 4.78 is 5.68. The quantitative estimate of drug-likeness (QED) is 0.187. The number of nitrogens with zero attached hydrogens (tertiary/aromatic N) is 6. The van der Waals surface area contributed by atoms with E-state index in [1.165, 1.54) is 4.70 Å². The molecule has 0 fully saturated rings. The van der Waals surface area contributed by atoms with Crippen LogP contribution >= 0.6 is 11.3 Å². The highest BCUT2D eigenvalue weighted by Crippen LogP contribution is 2.41. The number of rotatable bonds is 5. The third-order valence-corrected chi connectivity index (χ3v) is 10.1. The van der Waals surface area contributed by atoms with Crippen LogP contribution in [-0.2, 0) is 0 Å². The lowest BCUT2D eigenvalue weighted by atomic mass is 10.0. The molecule has 0 spiro atoms. The zero-order chi connectivity index (χ0) is 32.3. The number of aromatic nitrogens is 6. The van der Waals surface area contributed by atoms with Crippen molar-refractivity contribution < 1.29 is 0 Å². The van der Waals surface area contributed by atoms with Crippen LogP contribution in [0.3, 0.4) is 0 Å². The predicted molar refractivity (Wildman–Crippen MR) is 200 cm³/mol. The Kier molecular flexibility index (Phi) is 6.25. The van der Waals surface area contributed by atoms with Crippen LogP contribution in [0.1, 0.15) is 0 Å². The zero-order valence-electron chi connectivity index (χ0n) is 26.1. The maximum atomic E-state index is 5.28. The van der Waals surface area contributed by atoms with Crippen LogP contribution < -0.4 is 0 Å². The number of benzene rings is 6. The Morgan fingerprint density at radius 3 is 1.69 bits per heavy atom. The van der Waals surface area contributed by atoms with E-state index in [1.807, 2.05) is 60.7 Å². The highest BCUT2D eigenvalue weighted by molar-refractivity contribution is 7.23. The summed E-state index contributed by atoms with van der Waals surface area (Å²) in [5.74, 6) is 1.83. The zero-order valence-corrected chi connectivity index (χ0v) is 26.9. The third kappa shape index (κ3) is 4.47. The Balaban J connectivity index is 1.22. The minimum atomic E-state index is 0.575. The first-order valence-corrected chi connectivity index (χ1v) is 17.0. The van der Waals surface area contributed by atoms with Crippen molar-refractivity contribution in [2.75, 3.05) is 0 Å². The standard InChI is InChI=1S/C42H26N6S/c1-4-14-27(15-5-1)38-37(43-42-48(38)35-22-12-13-23-36(35)49-42)30-24-25-34-32(26-30)31-20-10-11-21-33(31)47(34)41-45-39(28-16-6-2-7-17-28)44-40(46-41)29-18-8-3-9-19-29/h1-26H. The maximum absolute atomic E-state index is 5.28. The van der Waals surface area contributed by atoms with Crippen LogP contribution in [0.15, 0.2) is 158 Å². The van der Waals surface area contributed by atoms with Crippen molar-refractivity contribution in [1.82, 2.24) is 28.9 Å². The lowest BCUT2D eigenvalue weighted by Gasteiger charge is -2.11. The van der Waals surface area contributed by atoms with E-state index in [2.05, 4.69) is 106 Å². The highest BCUT2D eigenvalue weighted by Gasteiger charge is 2.22. The van der Waals surface area contributed by atoms with E-state index in [9.17, 15) is 0 Å². The Morgan fingerprint density at radius 1 is 0.429 bits per heavy atom. The number of thiazole rings is 1. The van der Waals surface area contributed by atoms with Gasteiger partial charge in [0, 0.05) is 33.0 Å². The predicted octanol–water partition coefficient (Wildman–Crippen LogP) is 10.5. The number of imidazole rings is 1. The Bertz CT molecular complexity index is 2760. The molecular weight excluding hydrogens is 621 g/mol. The fourth-order valence-corrected chi connectivity index (χ4v) is 7.84. The van der Waals surface area contributed by atoms with E-state index in [4.69, 9.17) is 19.9 Å². The summed E-state index contributed by atoms with van der Waals surface area (Å²) in [7, 11) is 0. The van der Waals surface area contributed by atoms with Gasteiger partial charge in [0.25, 0.3) is 0 Å². The fourth-order valence-electron chi connectivity index (χ4n) is 6.81. The second-order valence-corrected chi connectivity index (χ2v) is 13.0. The molecule has 7 heteroatoms. The average Bonchev–Trinajstić information content (AvgIpc) is 3.83. The molecule has 0 aliphatic rings. The lowest BCUT2D eigenvalue weighted by Crippen LogP contribution is -2.06. The number of fused-ring (bicyclic) bond motifs is 6. The summed E-state index contributed by atoms with van der Waals surface area (Å²) in [5.41, 5.74) is 9.31. The molecule has 0 bridgehead atoms. The molecule has 0 aliphatic carbocycles. The van der Waals surface area contributed by atoms with Gasteiger partial charge in [0.15, 0.2) is 16.6 Å². The molecule has 0 atom stereocenters. The van der Waals surface area contributed by atoms with Crippen molar-refractivity contribution >= 4 is 48.3 Å². The monoisotopic (exact) mass is 646 g/mol. The van der Waals surface area contributed by atoms with E-state index >= 15 is 0 Å². The van der Waals surface area contributed by atoms with Crippen LogP contribution in [0.5, 0.6) is 0 Å². The van der Waals surface area contributed by atoms with Crippen molar-refractivity contribution in [2.24, 2.45) is 0 Å². The van der Waals surface area contributed by atoms with Gasteiger partial charge in [-0.1, -0.05) is 139 Å². The van der Waals surface area contributed by atoms with Crippen molar-refractivity contribution in [2.45, 2.75) is 0 Å². The second-order valence-electron chi connectivity index (χ2n) is 12.0. The molecule has 10 rings (SSSR count). The van der Waals surface area contributed by atoms with Gasteiger partial charge in [0.1, 0.15) is 0 Å². The third-order valence-electron chi connectivity index (χ3n) is 9.03. The van der Waals surface area contributed by atoms with Gasteiger partial charge in [-0.2, -0.15) is 9.97 Å². The van der Waals surface area contributed by atoms with Gasteiger partial charge in [-0.25, -0.2) is 9.97 Å². The minimum Gasteiger partial charge on any atom is -0.282 e. The molecule has 230 valence electrons. The molecule has 0 saturated carbocycles. The van der Waals surface area contributed by atoms with Crippen LogP contribution in [0.25, 0.3) is 88.2 Å². The van der Waals surface area contributed by atoms with E-state index in [0.29, 0.717) is 17.6 Å². The Morgan fingerprint density at radius 2 is 1.00 bits per heavy atom. The van der Waals surface area contributed by atoms with Gasteiger partial charge in [0.2, 0.25) is 5.95 Å². The maximum Gasteiger partial charge on any atom is 0.238 e. The molecular formula is C42H26N6S. The van der Waals surface area contributed by atoms with Crippen LogP contribution in [0.4, 0.5) is 0 Å². The van der Waals surface area contributed by atoms with Crippen molar-refractivity contribution in [3.63, 3.8) is 0 Å². The van der Waals surface area contributed by atoms with Gasteiger partial charge >= 0.3 is 0 Å². The average molecular weight is 647 g/mol. The fraction of sp³-hybridized carbons (Fsp3) is 0. The molecule has 6 aromatic carbocycles. The molecule has 4 aromatic heterocycles. The van der Waals surface area contributed by atoms with Crippen LogP contribution in [0, 0.1) is 0 Å². The molecule has 0 N–H and O–H groups in total. The van der Waals surface area contributed by atoms with Gasteiger partial charge in [0.05, 0.1) is 32.6 Å². The Labute approximate surface area is 285 Å². The van der Waals surface area contributed by atoms with Crippen molar-refractivity contribution in [3.05, 3.63) is 158 Å². The molecule has 49 heavy (non-hydrogen) atoms. The SMILES string of the molecule is c1ccc(-c2nc(-c3ccccc3)nc(-n3c4ccccc4c4cc(-c5nc6sc7ccccc7n6c5-c5ccccc5)ccc43)n2)cc1. The van der Waals surface area contributed by atoms with Crippen LogP contribution in [-0.4, -0.2) is 28.9 Å². The number of hydrogen-bond donors (Lipinski definition) is 0.